The van der Waals surface area contributed by atoms with Crippen molar-refractivity contribution in [1.82, 2.24) is 0 Å². The molecule has 0 atom stereocenters. The van der Waals surface area contributed by atoms with E-state index in [-0.39, 0.29) is 21.6 Å². The summed E-state index contributed by atoms with van der Waals surface area (Å²) in [6.45, 7) is 0. The molecule has 6 nitrogen and oxygen atoms in total. The van der Waals surface area contributed by atoms with E-state index < -0.39 is 9.84 Å². The van der Waals surface area contributed by atoms with Gasteiger partial charge in [0.25, 0.3) is 11.8 Å². The van der Waals surface area contributed by atoms with Crippen molar-refractivity contribution in [3.63, 3.8) is 0 Å². The molecule has 0 heterocycles. The molecule has 2 N–H and O–H groups in total. The third kappa shape index (κ3) is 5.89. The summed E-state index contributed by atoms with van der Waals surface area (Å²) in [6.07, 6.45) is 0. The van der Waals surface area contributed by atoms with Gasteiger partial charge in [-0.3, -0.25) is 9.59 Å². The Hall–Kier alpha value is -3.65. The highest BCUT2D eigenvalue weighted by atomic mass is 35.5. The lowest BCUT2D eigenvalue weighted by molar-refractivity contribution is 0.101. The molecular weight excluding hydrogens is 507 g/mol. The van der Waals surface area contributed by atoms with Gasteiger partial charge in [0.1, 0.15) is 0 Å². The quantitative estimate of drug-likeness (QED) is 0.308. The number of sulfone groups is 1. The molecule has 0 unspecified atom stereocenters. The Labute approximate surface area is 212 Å². The monoisotopic (exact) mass is 524 g/mol. The molecule has 35 heavy (non-hydrogen) atoms. The first-order chi connectivity index (χ1) is 16.7. The maximum Gasteiger partial charge on any atom is 0.255 e. The summed E-state index contributed by atoms with van der Waals surface area (Å²) in [5.41, 5.74) is 1.75. The first-order valence-corrected chi connectivity index (χ1v) is 12.6. The summed E-state index contributed by atoms with van der Waals surface area (Å²) in [6, 6.07) is 24.6. The third-order valence-corrected chi connectivity index (χ3v) is 7.35. The van der Waals surface area contributed by atoms with Crippen molar-refractivity contribution >= 4 is 56.2 Å². The van der Waals surface area contributed by atoms with E-state index >= 15 is 0 Å². The van der Waals surface area contributed by atoms with Crippen molar-refractivity contribution in [2.45, 2.75) is 9.79 Å². The van der Waals surface area contributed by atoms with Gasteiger partial charge in [0.15, 0.2) is 0 Å². The predicted molar refractivity (Wildman–Crippen MR) is 137 cm³/mol. The van der Waals surface area contributed by atoms with E-state index in [1.807, 2.05) is 0 Å². The van der Waals surface area contributed by atoms with Crippen LogP contribution in [0.2, 0.25) is 10.0 Å². The summed E-state index contributed by atoms with van der Waals surface area (Å²) in [5, 5.41) is 6.47. The maximum absolute atomic E-state index is 13.0. The van der Waals surface area contributed by atoms with Gasteiger partial charge in [0, 0.05) is 32.5 Å². The van der Waals surface area contributed by atoms with Crippen LogP contribution in [0, 0.1) is 0 Å². The first kappa shape index (κ1) is 24.5. The minimum atomic E-state index is -3.80. The fourth-order valence-electron chi connectivity index (χ4n) is 3.18. The van der Waals surface area contributed by atoms with Crippen LogP contribution in [0.3, 0.4) is 0 Å². The molecule has 0 fully saturated rings. The lowest BCUT2D eigenvalue weighted by Crippen LogP contribution is -2.12. The smallest absolute Gasteiger partial charge is 0.255 e. The van der Waals surface area contributed by atoms with Crippen LogP contribution in [0.25, 0.3) is 0 Å². The second kappa shape index (κ2) is 10.3. The molecule has 0 spiro atoms. The van der Waals surface area contributed by atoms with Gasteiger partial charge >= 0.3 is 0 Å². The SMILES string of the molecule is O=C(Nc1ccc(S(=O)(=O)c2ccc(NC(=O)c3ccc(Cl)cc3)cc2)cc1)c1ccc(Cl)cc1. The van der Waals surface area contributed by atoms with Crippen molar-refractivity contribution in [2.24, 2.45) is 0 Å². The van der Waals surface area contributed by atoms with Crippen molar-refractivity contribution < 1.29 is 18.0 Å². The van der Waals surface area contributed by atoms with E-state index in [4.69, 9.17) is 23.2 Å². The fraction of sp³-hybridized carbons (Fsp3) is 0. The van der Waals surface area contributed by atoms with E-state index in [1.54, 1.807) is 48.5 Å². The Kier molecular flexibility index (Phi) is 7.21. The zero-order valence-electron chi connectivity index (χ0n) is 18.0. The number of carbonyl (C=O) groups is 2. The van der Waals surface area contributed by atoms with Crippen molar-refractivity contribution in [3.05, 3.63) is 118 Å². The minimum Gasteiger partial charge on any atom is -0.322 e. The fourth-order valence-corrected chi connectivity index (χ4v) is 4.69. The van der Waals surface area contributed by atoms with Gasteiger partial charge in [-0.05, 0) is 97.1 Å². The topological polar surface area (TPSA) is 92.3 Å². The summed E-state index contributed by atoms with van der Waals surface area (Å²) in [4.78, 5) is 24.8. The van der Waals surface area contributed by atoms with Crippen LogP contribution in [0.5, 0.6) is 0 Å². The normalized spacial score (nSPS) is 11.0. The summed E-state index contributed by atoms with van der Waals surface area (Å²) in [5.74, 6) is -0.679. The van der Waals surface area contributed by atoms with E-state index in [0.717, 1.165) is 0 Å². The molecule has 0 saturated carbocycles. The number of rotatable bonds is 6. The number of hydrogen-bond acceptors (Lipinski definition) is 4. The highest BCUT2D eigenvalue weighted by Crippen LogP contribution is 2.24. The van der Waals surface area contributed by atoms with Crippen molar-refractivity contribution in [1.29, 1.82) is 0 Å². The molecule has 9 heteroatoms. The van der Waals surface area contributed by atoms with Crippen LogP contribution < -0.4 is 10.6 Å². The number of anilines is 2. The second-order valence-electron chi connectivity index (χ2n) is 7.47. The second-order valence-corrected chi connectivity index (χ2v) is 10.3. The molecular formula is C26H18Cl2N2O4S. The lowest BCUT2D eigenvalue weighted by atomic mass is 10.2. The molecule has 0 bridgehead atoms. The third-order valence-electron chi connectivity index (χ3n) is 5.06. The number of benzene rings is 4. The number of carbonyl (C=O) groups excluding carboxylic acids is 2. The van der Waals surface area contributed by atoms with Crippen LogP contribution in [0.4, 0.5) is 11.4 Å². The number of hydrogen-bond donors (Lipinski definition) is 2. The zero-order valence-corrected chi connectivity index (χ0v) is 20.4. The number of amides is 2. The molecule has 0 saturated heterocycles. The van der Waals surface area contributed by atoms with Gasteiger partial charge < -0.3 is 10.6 Å². The Balaban J connectivity index is 1.44. The molecule has 4 rings (SSSR count). The first-order valence-electron chi connectivity index (χ1n) is 10.3. The molecule has 176 valence electrons. The van der Waals surface area contributed by atoms with Gasteiger partial charge in [-0.25, -0.2) is 8.42 Å². The van der Waals surface area contributed by atoms with Gasteiger partial charge in [0.05, 0.1) is 9.79 Å². The van der Waals surface area contributed by atoms with E-state index in [1.165, 1.54) is 48.5 Å². The van der Waals surface area contributed by atoms with E-state index in [0.29, 0.717) is 32.5 Å². The molecule has 0 aliphatic heterocycles. The van der Waals surface area contributed by atoms with Gasteiger partial charge in [-0.15, -0.1) is 0 Å². The maximum atomic E-state index is 13.0. The zero-order chi connectivity index (χ0) is 25.0. The highest BCUT2D eigenvalue weighted by molar-refractivity contribution is 7.91. The van der Waals surface area contributed by atoms with Gasteiger partial charge in [-0.1, -0.05) is 23.2 Å². The summed E-state index contributed by atoms with van der Waals surface area (Å²) in [7, 11) is -3.80. The van der Waals surface area contributed by atoms with E-state index in [2.05, 4.69) is 10.6 Å². The van der Waals surface area contributed by atoms with Gasteiger partial charge in [-0.2, -0.15) is 0 Å². The molecule has 0 aromatic heterocycles. The molecule has 0 aliphatic carbocycles. The Morgan fingerprint density at radius 2 is 0.829 bits per heavy atom. The summed E-state index contributed by atoms with van der Waals surface area (Å²) >= 11 is 11.7. The Morgan fingerprint density at radius 1 is 0.514 bits per heavy atom. The average molecular weight is 525 g/mol. The number of nitrogens with one attached hydrogen (secondary N) is 2. The molecule has 2 amide bonds. The van der Waals surface area contributed by atoms with Crippen LogP contribution in [-0.4, -0.2) is 20.2 Å². The van der Waals surface area contributed by atoms with Crippen LogP contribution in [-0.2, 0) is 9.84 Å². The van der Waals surface area contributed by atoms with Crippen LogP contribution in [0.1, 0.15) is 20.7 Å². The molecule has 0 aliphatic rings. The molecule has 4 aromatic rings. The lowest BCUT2D eigenvalue weighted by Gasteiger charge is -2.09. The predicted octanol–water partition coefficient (Wildman–Crippen LogP) is 6.33. The number of halogens is 2. The van der Waals surface area contributed by atoms with E-state index in [9.17, 15) is 18.0 Å². The summed E-state index contributed by atoms with van der Waals surface area (Å²) < 4.78 is 26.0. The van der Waals surface area contributed by atoms with Crippen LogP contribution in [0.15, 0.2) is 107 Å². The van der Waals surface area contributed by atoms with Crippen molar-refractivity contribution in [2.75, 3.05) is 10.6 Å². The average Bonchev–Trinajstić information content (AvgIpc) is 2.85. The molecule has 4 aromatic carbocycles. The standard InChI is InChI=1S/C26H18Cl2N2O4S/c27-19-5-1-17(2-6-19)25(31)29-21-9-13-23(14-10-21)35(33,34)24-15-11-22(12-16-24)30-26(32)18-3-7-20(28)8-4-18/h1-16H,(H,29,31)(H,30,32). The highest BCUT2D eigenvalue weighted by Gasteiger charge is 2.18. The minimum absolute atomic E-state index is 0.0694. The van der Waals surface area contributed by atoms with Crippen molar-refractivity contribution in [3.8, 4) is 0 Å². The Morgan fingerprint density at radius 3 is 1.14 bits per heavy atom. The van der Waals surface area contributed by atoms with Gasteiger partial charge in [0.2, 0.25) is 9.84 Å². The Bertz CT molecular complexity index is 1360. The largest absolute Gasteiger partial charge is 0.322 e. The van der Waals surface area contributed by atoms with Crippen LogP contribution >= 0.6 is 23.2 Å². The molecule has 0 radical (unpaired) electrons.